The summed E-state index contributed by atoms with van der Waals surface area (Å²) in [4.78, 5) is 0. The molecule has 0 saturated carbocycles. The zero-order valence-corrected chi connectivity index (χ0v) is 12.4. The molecule has 1 N–H and O–H groups in total. The molecule has 0 saturated heterocycles. The van der Waals surface area contributed by atoms with Crippen molar-refractivity contribution in [3.63, 3.8) is 0 Å². The van der Waals surface area contributed by atoms with Crippen LogP contribution >= 0.6 is 11.6 Å². The molecule has 102 valence electrons. The van der Waals surface area contributed by atoms with E-state index in [0.29, 0.717) is 0 Å². The van der Waals surface area contributed by atoms with Crippen LogP contribution in [0.5, 0.6) is 0 Å². The average Bonchev–Trinajstić information content (AvgIpc) is 2.77. The minimum Gasteiger partial charge on any atom is -0.305 e. The van der Waals surface area contributed by atoms with Crippen LogP contribution in [0.1, 0.15) is 36.8 Å². The van der Waals surface area contributed by atoms with Gasteiger partial charge in [-0.1, -0.05) is 29.8 Å². The van der Waals surface area contributed by atoms with E-state index in [0.717, 1.165) is 29.4 Å². The number of aromatic nitrogens is 2. The molecule has 3 nitrogen and oxygen atoms in total. The Morgan fingerprint density at radius 2 is 2.11 bits per heavy atom. The molecule has 0 amide bonds. The number of aryl methyl sites for hydroxylation is 2. The normalized spacial score (nSPS) is 12.6. The van der Waals surface area contributed by atoms with E-state index in [1.54, 1.807) is 0 Å². The van der Waals surface area contributed by atoms with E-state index in [4.69, 9.17) is 11.6 Å². The molecule has 0 spiro atoms. The lowest BCUT2D eigenvalue weighted by atomic mass is 10.1. The molecule has 2 rings (SSSR count). The second-order valence-corrected chi connectivity index (χ2v) is 5.12. The summed E-state index contributed by atoms with van der Waals surface area (Å²) in [6, 6.07) is 10.3. The molecule has 2 aromatic rings. The maximum absolute atomic E-state index is 6.21. The minimum absolute atomic E-state index is 0.217. The van der Waals surface area contributed by atoms with Crippen LogP contribution < -0.4 is 5.32 Å². The molecule has 0 aliphatic carbocycles. The highest BCUT2D eigenvalue weighted by Crippen LogP contribution is 2.22. The van der Waals surface area contributed by atoms with Gasteiger partial charge in [-0.25, -0.2) is 0 Å². The lowest BCUT2D eigenvalue weighted by molar-refractivity contribution is 0.531. The van der Waals surface area contributed by atoms with Crippen LogP contribution in [0, 0.1) is 6.92 Å². The minimum atomic E-state index is 0.217. The van der Waals surface area contributed by atoms with Gasteiger partial charge in [-0.15, -0.1) is 0 Å². The standard InChI is InChI=1S/C15H20ClN3/c1-4-19-13(9-11(2)18-19)10-17-12(3)14-7-5-6-8-15(14)16/h5-9,12,17H,4,10H2,1-3H3. The van der Waals surface area contributed by atoms with Crippen LogP contribution in [-0.2, 0) is 13.1 Å². The molecule has 1 aromatic carbocycles. The molecule has 0 radical (unpaired) electrons. The SMILES string of the molecule is CCn1nc(C)cc1CNC(C)c1ccccc1Cl. The number of hydrogen-bond acceptors (Lipinski definition) is 2. The summed E-state index contributed by atoms with van der Waals surface area (Å²) in [7, 11) is 0. The Hall–Kier alpha value is -1.32. The molecule has 1 heterocycles. The van der Waals surface area contributed by atoms with Crippen molar-refractivity contribution >= 4 is 11.6 Å². The van der Waals surface area contributed by atoms with Crippen molar-refractivity contribution in [2.75, 3.05) is 0 Å². The van der Waals surface area contributed by atoms with Crippen molar-refractivity contribution in [1.29, 1.82) is 0 Å². The quantitative estimate of drug-likeness (QED) is 0.903. The molecule has 0 fully saturated rings. The molecule has 0 aliphatic rings. The average molecular weight is 278 g/mol. The Bertz CT molecular complexity index is 548. The number of nitrogens with zero attached hydrogens (tertiary/aromatic N) is 2. The summed E-state index contributed by atoms with van der Waals surface area (Å²) in [5.41, 5.74) is 3.39. The largest absolute Gasteiger partial charge is 0.305 e. The van der Waals surface area contributed by atoms with E-state index in [1.165, 1.54) is 5.69 Å². The third kappa shape index (κ3) is 3.37. The predicted molar refractivity (Wildman–Crippen MR) is 79.3 cm³/mol. The highest BCUT2D eigenvalue weighted by atomic mass is 35.5. The van der Waals surface area contributed by atoms with Crippen molar-refractivity contribution in [3.05, 3.63) is 52.3 Å². The molecule has 1 unspecified atom stereocenters. The Balaban J connectivity index is 2.04. The van der Waals surface area contributed by atoms with Gasteiger partial charge in [0.25, 0.3) is 0 Å². The molecule has 1 atom stereocenters. The Morgan fingerprint density at radius 3 is 2.79 bits per heavy atom. The maximum atomic E-state index is 6.21. The number of nitrogens with one attached hydrogen (secondary N) is 1. The van der Waals surface area contributed by atoms with Crippen LogP contribution in [-0.4, -0.2) is 9.78 Å². The first-order chi connectivity index (χ1) is 9.11. The lowest BCUT2D eigenvalue weighted by Crippen LogP contribution is -2.20. The highest BCUT2D eigenvalue weighted by molar-refractivity contribution is 6.31. The van der Waals surface area contributed by atoms with E-state index < -0.39 is 0 Å². The van der Waals surface area contributed by atoms with Gasteiger partial charge in [-0.2, -0.15) is 5.10 Å². The Kier molecular flexibility index (Phi) is 4.61. The van der Waals surface area contributed by atoms with Crippen molar-refractivity contribution in [2.45, 2.75) is 39.9 Å². The summed E-state index contributed by atoms with van der Waals surface area (Å²) in [5.74, 6) is 0. The number of rotatable bonds is 5. The second-order valence-electron chi connectivity index (χ2n) is 4.72. The summed E-state index contributed by atoms with van der Waals surface area (Å²) >= 11 is 6.21. The second kappa shape index (κ2) is 6.22. The molecule has 19 heavy (non-hydrogen) atoms. The Morgan fingerprint density at radius 1 is 1.37 bits per heavy atom. The summed E-state index contributed by atoms with van der Waals surface area (Å²) in [5, 5.41) is 8.75. The van der Waals surface area contributed by atoms with Gasteiger partial charge in [-0.05, 0) is 38.5 Å². The number of benzene rings is 1. The van der Waals surface area contributed by atoms with Crippen molar-refractivity contribution in [1.82, 2.24) is 15.1 Å². The van der Waals surface area contributed by atoms with E-state index >= 15 is 0 Å². The first kappa shape index (κ1) is 14.1. The van der Waals surface area contributed by atoms with Crippen LogP contribution in [0.25, 0.3) is 0 Å². The summed E-state index contributed by atoms with van der Waals surface area (Å²) in [6.45, 7) is 7.94. The zero-order valence-electron chi connectivity index (χ0n) is 11.7. The van der Waals surface area contributed by atoms with Gasteiger partial charge in [0.15, 0.2) is 0 Å². The third-order valence-electron chi connectivity index (χ3n) is 3.25. The smallest absolute Gasteiger partial charge is 0.0597 e. The van der Waals surface area contributed by atoms with E-state index in [2.05, 4.69) is 36.4 Å². The predicted octanol–water partition coefficient (Wildman–Crippen LogP) is 3.72. The molecular formula is C15H20ClN3. The van der Waals surface area contributed by atoms with Crippen molar-refractivity contribution in [3.8, 4) is 0 Å². The van der Waals surface area contributed by atoms with Gasteiger partial charge in [0.05, 0.1) is 11.4 Å². The molecular weight excluding hydrogens is 258 g/mol. The zero-order chi connectivity index (χ0) is 13.8. The van der Waals surface area contributed by atoms with Gasteiger partial charge < -0.3 is 5.32 Å². The monoisotopic (exact) mass is 277 g/mol. The van der Waals surface area contributed by atoms with Gasteiger partial charge in [0.2, 0.25) is 0 Å². The van der Waals surface area contributed by atoms with Crippen LogP contribution in [0.4, 0.5) is 0 Å². The molecule has 1 aromatic heterocycles. The van der Waals surface area contributed by atoms with Crippen molar-refractivity contribution < 1.29 is 0 Å². The fourth-order valence-electron chi connectivity index (χ4n) is 2.21. The molecule has 4 heteroatoms. The van der Waals surface area contributed by atoms with Crippen LogP contribution in [0.2, 0.25) is 5.02 Å². The third-order valence-corrected chi connectivity index (χ3v) is 3.59. The van der Waals surface area contributed by atoms with Crippen molar-refractivity contribution in [2.24, 2.45) is 0 Å². The van der Waals surface area contributed by atoms with E-state index in [-0.39, 0.29) is 6.04 Å². The lowest BCUT2D eigenvalue weighted by Gasteiger charge is -2.16. The van der Waals surface area contributed by atoms with Gasteiger partial charge in [0.1, 0.15) is 0 Å². The maximum Gasteiger partial charge on any atom is 0.0597 e. The molecule has 0 bridgehead atoms. The first-order valence-corrected chi connectivity index (χ1v) is 7.00. The van der Waals surface area contributed by atoms with E-state index in [9.17, 15) is 0 Å². The fraction of sp³-hybridized carbons (Fsp3) is 0.400. The number of halogens is 1. The summed E-state index contributed by atoms with van der Waals surface area (Å²) in [6.07, 6.45) is 0. The highest BCUT2D eigenvalue weighted by Gasteiger charge is 2.10. The van der Waals surface area contributed by atoms with Crippen LogP contribution in [0.15, 0.2) is 30.3 Å². The topological polar surface area (TPSA) is 29.9 Å². The van der Waals surface area contributed by atoms with Crippen LogP contribution in [0.3, 0.4) is 0 Å². The van der Waals surface area contributed by atoms with E-state index in [1.807, 2.05) is 29.8 Å². The first-order valence-electron chi connectivity index (χ1n) is 6.63. The van der Waals surface area contributed by atoms with Gasteiger partial charge in [0, 0.05) is 24.2 Å². The van der Waals surface area contributed by atoms with Gasteiger partial charge in [-0.3, -0.25) is 4.68 Å². The Labute approximate surface area is 119 Å². The summed E-state index contributed by atoms with van der Waals surface area (Å²) < 4.78 is 2.03. The van der Waals surface area contributed by atoms with Gasteiger partial charge >= 0.3 is 0 Å². The number of hydrogen-bond donors (Lipinski definition) is 1. The fourth-order valence-corrected chi connectivity index (χ4v) is 2.51. The molecule has 0 aliphatic heterocycles.